The molecule has 0 spiro atoms. The molecule has 1 aliphatic rings. The van der Waals surface area contributed by atoms with Crippen molar-refractivity contribution in [1.82, 2.24) is 9.78 Å². The number of hydrogen-bond acceptors (Lipinski definition) is 3. The fourth-order valence-corrected chi connectivity index (χ4v) is 1.30. The van der Waals surface area contributed by atoms with E-state index in [2.05, 4.69) is 5.10 Å². The van der Waals surface area contributed by atoms with Crippen LogP contribution in [0.25, 0.3) is 0 Å². The smallest absolute Gasteiger partial charge is 0.407 e. The van der Waals surface area contributed by atoms with Gasteiger partial charge in [-0.1, -0.05) is 0 Å². The number of ether oxygens (including phenoxy) is 1. The van der Waals surface area contributed by atoms with Crippen molar-refractivity contribution in [3.63, 3.8) is 0 Å². The SMILES string of the molecule is Cc1c(OC(N)=O)cnn1C1CC1. The quantitative estimate of drug-likeness (QED) is 0.739. The Morgan fingerprint density at radius 2 is 2.46 bits per heavy atom. The van der Waals surface area contributed by atoms with Crippen molar-refractivity contribution in [2.45, 2.75) is 25.8 Å². The lowest BCUT2D eigenvalue weighted by molar-refractivity contribution is 0.210. The lowest BCUT2D eigenvalue weighted by Gasteiger charge is -2.01. The monoisotopic (exact) mass is 181 g/mol. The summed E-state index contributed by atoms with van der Waals surface area (Å²) in [5.41, 5.74) is 5.76. The molecule has 1 saturated carbocycles. The van der Waals surface area contributed by atoms with Crippen LogP contribution in [0.1, 0.15) is 24.6 Å². The van der Waals surface area contributed by atoms with E-state index in [-0.39, 0.29) is 0 Å². The van der Waals surface area contributed by atoms with Crippen LogP contribution in [-0.2, 0) is 0 Å². The summed E-state index contributed by atoms with van der Waals surface area (Å²) in [6.45, 7) is 1.86. The Balaban J connectivity index is 2.22. The molecule has 5 heteroatoms. The number of carbonyl (C=O) groups excluding carboxylic acids is 1. The molecule has 0 saturated heterocycles. The largest absolute Gasteiger partial charge is 0.410 e. The Labute approximate surface area is 75.5 Å². The highest BCUT2D eigenvalue weighted by Crippen LogP contribution is 2.36. The number of carbonyl (C=O) groups is 1. The second kappa shape index (κ2) is 2.76. The van der Waals surface area contributed by atoms with Gasteiger partial charge >= 0.3 is 6.09 Å². The van der Waals surface area contributed by atoms with E-state index in [9.17, 15) is 4.79 Å². The Morgan fingerprint density at radius 3 is 3.00 bits per heavy atom. The molecule has 1 heterocycles. The third kappa shape index (κ3) is 1.49. The van der Waals surface area contributed by atoms with E-state index in [1.165, 1.54) is 6.20 Å². The first-order valence-electron chi connectivity index (χ1n) is 4.20. The van der Waals surface area contributed by atoms with E-state index in [4.69, 9.17) is 10.5 Å². The molecule has 0 bridgehead atoms. The lowest BCUT2D eigenvalue weighted by Crippen LogP contribution is -2.16. The summed E-state index contributed by atoms with van der Waals surface area (Å²) < 4.78 is 6.63. The highest BCUT2D eigenvalue weighted by atomic mass is 16.5. The molecular formula is C8H11N3O2. The van der Waals surface area contributed by atoms with Gasteiger partial charge in [-0.15, -0.1) is 0 Å². The third-order valence-corrected chi connectivity index (χ3v) is 2.10. The van der Waals surface area contributed by atoms with Gasteiger partial charge in [0.2, 0.25) is 0 Å². The zero-order valence-electron chi connectivity index (χ0n) is 7.36. The Hall–Kier alpha value is -1.52. The first-order valence-corrected chi connectivity index (χ1v) is 4.20. The highest BCUT2D eigenvalue weighted by Gasteiger charge is 2.27. The molecule has 1 aromatic heterocycles. The molecule has 0 atom stereocenters. The fourth-order valence-electron chi connectivity index (χ4n) is 1.30. The standard InChI is InChI=1S/C8H11N3O2/c1-5-7(13-8(9)12)4-10-11(5)6-2-3-6/h4,6H,2-3H2,1H3,(H2,9,12). The van der Waals surface area contributed by atoms with Crippen molar-refractivity contribution >= 4 is 6.09 Å². The fraction of sp³-hybridized carbons (Fsp3) is 0.500. The van der Waals surface area contributed by atoms with E-state index in [0.29, 0.717) is 11.8 Å². The van der Waals surface area contributed by atoms with Crippen molar-refractivity contribution in [2.75, 3.05) is 0 Å². The average Bonchev–Trinajstić information content (AvgIpc) is 2.81. The molecule has 0 aromatic carbocycles. The summed E-state index contributed by atoms with van der Waals surface area (Å²) in [4.78, 5) is 10.5. The van der Waals surface area contributed by atoms with Gasteiger partial charge in [-0.2, -0.15) is 5.10 Å². The van der Waals surface area contributed by atoms with Crippen molar-refractivity contribution < 1.29 is 9.53 Å². The van der Waals surface area contributed by atoms with Gasteiger partial charge in [-0.25, -0.2) is 4.79 Å². The minimum atomic E-state index is -0.793. The molecule has 1 aliphatic carbocycles. The Bertz CT molecular complexity index is 341. The number of hydrogen-bond donors (Lipinski definition) is 1. The van der Waals surface area contributed by atoms with E-state index in [1.807, 2.05) is 11.6 Å². The van der Waals surface area contributed by atoms with Crippen LogP contribution in [0, 0.1) is 6.92 Å². The van der Waals surface area contributed by atoms with Gasteiger partial charge in [0.15, 0.2) is 5.75 Å². The maximum absolute atomic E-state index is 10.5. The maximum atomic E-state index is 10.5. The van der Waals surface area contributed by atoms with E-state index < -0.39 is 6.09 Å². The van der Waals surface area contributed by atoms with Gasteiger partial charge in [0.05, 0.1) is 17.9 Å². The minimum absolute atomic E-state index is 0.458. The molecule has 13 heavy (non-hydrogen) atoms. The molecule has 0 radical (unpaired) electrons. The third-order valence-electron chi connectivity index (χ3n) is 2.10. The molecule has 0 unspecified atom stereocenters. The zero-order valence-corrected chi connectivity index (χ0v) is 7.36. The average molecular weight is 181 g/mol. The number of rotatable bonds is 2. The van der Waals surface area contributed by atoms with Crippen LogP contribution >= 0.6 is 0 Å². The van der Waals surface area contributed by atoms with Gasteiger partial charge in [-0.05, 0) is 19.8 Å². The molecule has 1 aromatic rings. The normalized spacial score (nSPS) is 15.8. The first-order chi connectivity index (χ1) is 6.18. The number of nitrogens with two attached hydrogens (primary N) is 1. The lowest BCUT2D eigenvalue weighted by atomic mass is 10.4. The summed E-state index contributed by atoms with van der Waals surface area (Å²) in [5, 5.41) is 4.11. The van der Waals surface area contributed by atoms with E-state index in [1.54, 1.807) is 0 Å². The van der Waals surface area contributed by atoms with Crippen LogP contribution in [-0.4, -0.2) is 15.9 Å². The minimum Gasteiger partial charge on any atom is -0.407 e. The molecule has 5 nitrogen and oxygen atoms in total. The molecule has 1 amide bonds. The van der Waals surface area contributed by atoms with Gasteiger partial charge in [0.25, 0.3) is 0 Å². The van der Waals surface area contributed by atoms with Gasteiger partial charge in [0, 0.05) is 0 Å². The van der Waals surface area contributed by atoms with Crippen LogP contribution in [0.3, 0.4) is 0 Å². The van der Waals surface area contributed by atoms with Crippen LogP contribution in [0.4, 0.5) is 4.79 Å². The van der Waals surface area contributed by atoms with Gasteiger partial charge in [-0.3, -0.25) is 4.68 Å². The topological polar surface area (TPSA) is 70.1 Å². The zero-order chi connectivity index (χ0) is 9.42. The number of primary amides is 1. The first kappa shape index (κ1) is 8.10. The predicted octanol–water partition coefficient (Wildman–Crippen LogP) is 0.984. The molecule has 70 valence electrons. The molecular weight excluding hydrogens is 170 g/mol. The summed E-state index contributed by atoms with van der Waals surface area (Å²) in [7, 11) is 0. The van der Waals surface area contributed by atoms with Crippen molar-refractivity contribution in [2.24, 2.45) is 5.73 Å². The van der Waals surface area contributed by atoms with E-state index >= 15 is 0 Å². The predicted molar refractivity (Wildman–Crippen MR) is 45.4 cm³/mol. The van der Waals surface area contributed by atoms with Gasteiger partial charge in [0.1, 0.15) is 0 Å². The van der Waals surface area contributed by atoms with Crippen LogP contribution < -0.4 is 10.5 Å². The maximum Gasteiger partial charge on any atom is 0.410 e. The second-order valence-electron chi connectivity index (χ2n) is 3.19. The summed E-state index contributed by atoms with van der Waals surface area (Å²) in [5.74, 6) is 0.458. The number of amides is 1. The molecule has 2 rings (SSSR count). The number of aromatic nitrogens is 2. The summed E-state index contributed by atoms with van der Waals surface area (Å²) in [6.07, 6.45) is 3.04. The number of nitrogens with zero attached hydrogens (tertiary/aromatic N) is 2. The van der Waals surface area contributed by atoms with Crippen molar-refractivity contribution in [3.05, 3.63) is 11.9 Å². The Morgan fingerprint density at radius 1 is 1.77 bits per heavy atom. The molecule has 2 N–H and O–H groups in total. The molecule has 1 fully saturated rings. The summed E-state index contributed by atoms with van der Waals surface area (Å²) >= 11 is 0. The van der Waals surface area contributed by atoms with Gasteiger partial charge < -0.3 is 10.5 Å². The Kier molecular flexibility index (Phi) is 1.72. The van der Waals surface area contributed by atoms with Crippen LogP contribution in [0.5, 0.6) is 5.75 Å². The van der Waals surface area contributed by atoms with Crippen LogP contribution in [0.15, 0.2) is 6.20 Å². The summed E-state index contributed by atoms with van der Waals surface area (Å²) in [6, 6.07) is 0.491. The van der Waals surface area contributed by atoms with Crippen molar-refractivity contribution in [3.8, 4) is 5.75 Å². The van der Waals surface area contributed by atoms with Crippen molar-refractivity contribution in [1.29, 1.82) is 0 Å². The highest BCUT2D eigenvalue weighted by molar-refractivity contribution is 5.68. The molecule has 0 aliphatic heterocycles. The second-order valence-corrected chi connectivity index (χ2v) is 3.19. The van der Waals surface area contributed by atoms with Crippen LogP contribution in [0.2, 0.25) is 0 Å². The van der Waals surface area contributed by atoms with E-state index in [0.717, 1.165) is 18.5 Å².